The summed E-state index contributed by atoms with van der Waals surface area (Å²) >= 11 is 1.53. The Morgan fingerprint density at radius 2 is 2.24 bits per heavy atom. The zero-order valence-electron chi connectivity index (χ0n) is 11.6. The summed E-state index contributed by atoms with van der Waals surface area (Å²) in [6.07, 6.45) is 4.37. The van der Waals surface area contributed by atoms with Crippen LogP contribution in [0.5, 0.6) is 0 Å². The van der Waals surface area contributed by atoms with Gasteiger partial charge in [-0.15, -0.1) is 11.3 Å². The molecule has 0 aromatic carbocycles. The molecule has 0 fully saturated rings. The van der Waals surface area contributed by atoms with E-state index in [9.17, 15) is 8.42 Å². The quantitative estimate of drug-likeness (QED) is 0.535. The normalized spacial score (nSPS) is 13.0. The van der Waals surface area contributed by atoms with Crippen LogP contribution in [0.25, 0.3) is 0 Å². The number of thiophene rings is 1. The van der Waals surface area contributed by atoms with E-state index in [0.717, 1.165) is 17.7 Å². The van der Waals surface area contributed by atoms with E-state index < -0.39 is 10.0 Å². The SMILES string of the molecule is CCCC(NS(=O)(=O)c1cnccc1NN)c1cccs1. The molecule has 1 unspecified atom stereocenters. The number of hydrazine groups is 1. The van der Waals surface area contributed by atoms with Crippen molar-refractivity contribution in [2.24, 2.45) is 5.84 Å². The van der Waals surface area contributed by atoms with Crippen LogP contribution >= 0.6 is 11.3 Å². The maximum Gasteiger partial charge on any atom is 0.244 e. The number of anilines is 1. The summed E-state index contributed by atoms with van der Waals surface area (Å²) in [5.74, 6) is 5.36. The maximum absolute atomic E-state index is 12.6. The van der Waals surface area contributed by atoms with E-state index in [1.54, 1.807) is 0 Å². The fourth-order valence-electron chi connectivity index (χ4n) is 2.00. The molecule has 2 rings (SSSR count). The predicted octanol–water partition coefficient (Wildman–Crippen LogP) is 2.25. The smallest absolute Gasteiger partial charge is 0.244 e. The standard InChI is InChI=1S/C13H18N4O2S2/c1-2-4-10(12-5-3-8-20-12)17-21(18,19)13-9-15-7-6-11(13)16-14/h3,5-10,17H,2,4,14H2,1H3,(H,15,16). The average Bonchev–Trinajstić information content (AvgIpc) is 3.01. The number of sulfonamides is 1. The lowest BCUT2D eigenvalue weighted by Gasteiger charge is -2.18. The van der Waals surface area contributed by atoms with E-state index in [4.69, 9.17) is 5.84 Å². The molecule has 0 aliphatic rings. The van der Waals surface area contributed by atoms with Crippen molar-refractivity contribution in [3.05, 3.63) is 40.8 Å². The largest absolute Gasteiger partial charge is 0.323 e. The van der Waals surface area contributed by atoms with Crippen molar-refractivity contribution in [2.45, 2.75) is 30.7 Å². The molecule has 0 radical (unpaired) electrons. The van der Waals surface area contributed by atoms with Gasteiger partial charge < -0.3 is 5.43 Å². The lowest BCUT2D eigenvalue weighted by Crippen LogP contribution is -2.29. The summed E-state index contributed by atoms with van der Waals surface area (Å²) in [4.78, 5) is 4.90. The third-order valence-electron chi connectivity index (χ3n) is 2.99. The molecule has 0 saturated heterocycles. The Labute approximate surface area is 128 Å². The van der Waals surface area contributed by atoms with Gasteiger partial charge in [0.1, 0.15) is 4.90 Å². The molecule has 0 spiro atoms. The Balaban J connectivity index is 2.30. The first-order chi connectivity index (χ1) is 10.1. The Hall–Kier alpha value is -1.48. The Kier molecular flexibility index (Phi) is 5.29. The van der Waals surface area contributed by atoms with Gasteiger partial charge in [-0.2, -0.15) is 0 Å². The number of nitrogens with one attached hydrogen (secondary N) is 2. The number of hydrogen-bond donors (Lipinski definition) is 3. The van der Waals surface area contributed by atoms with Gasteiger partial charge in [0.05, 0.1) is 11.7 Å². The van der Waals surface area contributed by atoms with E-state index in [-0.39, 0.29) is 10.9 Å². The minimum atomic E-state index is -3.70. The van der Waals surface area contributed by atoms with E-state index in [2.05, 4.69) is 15.1 Å². The summed E-state index contributed by atoms with van der Waals surface area (Å²) in [5, 5.41) is 1.93. The van der Waals surface area contributed by atoms with E-state index in [1.165, 1.54) is 29.8 Å². The first kappa shape index (κ1) is 15.9. The highest BCUT2D eigenvalue weighted by Crippen LogP contribution is 2.27. The van der Waals surface area contributed by atoms with Crippen molar-refractivity contribution in [2.75, 3.05) is 5.43 Å². The number of nitrogen functional groups attached to an aromatic ring is 1. The molecule has 114 valence electrons. The second kappa shape index (κ2) is 6.99. The topological polar surface area (TPSA) is 97.1 Å². The third-order valence-corrected chi connectivity index (χ3v) is 5.48. The monoisotopic (exact) mass is 326 g/mol. The molecule has 1 atom stereocenters. The van der Waals surface area contributed by atoms with E-state index in [0.29, 0.717) is 5.69 Å². The van der Waals surface area contributed by atoms with Gasteiger partial charge in [0.15, 0.2) is 0 Å². The van der Waals surface area contributed by atoms with Crippen molar-refractivity contribution in [3.8, 4) is 0 Å². The summed E-state index contributed by atoms with van der Waals surface area (Å²) in [7, 11) is -3.70. The molecule has 0 aliphatic carbocycles. The molecule has 6 nitrogen and oxygen atoms in total. The van der Waals surface area contributed by atoms with Crippen molar-refractivity contribution in [1.29, 1.82) is 0 Å². The van der Waals surface area contributed by atoms with Crippen LogP contribution < -0.4 is 16.0 Å². The fourth-order valence-corrected chi connectivity index (χ4v) is 4.25. The molecule has 0 amide bonds. The molecule has 8 heteroatoms. The van der Waals surface area contributed by atoms with Gasteiger partial charge >= 0.3 is 0 Å². The first-order valence-electron chi connectivity index (χ1n) is 6.55. The molecule has 0 aliphatic heterocycles. The Bertz CT molecular complexity index is 671. The van der Waals surface area contributed by atoms with Gasteiger partial charge in [-0.1, -0.05) is 19.4 Å². The van der Waals surface area contributed by atoms with Crippen LogP contribution in [0.1, 0.15) is 30.7 Å². The van der Waals surface area contributed by atoms with Gasteiger partial charge in [0.2, 0.25) is 10.0 Å². The average molecular weight is 326 g/mol. The van der Waals surface area contributed by atoms with Crippen molar-refractivity contribution in [1.82, 2.24) is 9.71 Å². The molecule has 4 N–H and O–H groups in total. The van der Waals surface area contributed by atoms with E-state index >= 15 is 0 Å². The van der Waals surface area contributed by atoms with Gasteiger partial charge in [-0.3, -0.25) is 10.8 Å². The van der Waals surface area contributed by atoms with Gasteiger partial charge in [-0.25, -0.2) is 13.1 Å². The summed E-state index contributed by atoms with van der Waals surface area (Å²) in [6, 6.07) is 5.12. The molecule has 0 saturated carbocycles. The summed E-state index contributed by atoms with van der Waals surface area (Å²) in [6.45, 7) is 2.02. The lowest BCUT2D eigenvalue weighted by molar-refractivity contribution is 0.540. The highest BCUT2D eigenvalue weighted by Gasteiger charge is 2.24. The highest BCUT2D eigenvalue weighted by atomic mass is 32.2. The molecular weight excluding hydrogens is 308 g/mol. The predicted molar refractivity (Wildman–Crippen MR) is 84.3 cm³/mol. The zero-order chi connectivity index (χ0) is 15.3. The van der Waals surface area contributed by atoms with Crippen molar-refractivity contribution in [3.63, 3.8) is 0 Å². The Morgan fingerprint density at radius 1 is 1.43 bits per heavy atom. The minimum Gasteiger partial charge on any atom is -0.323 e. The molecule has 21 heavy (non-hydrogen) atoms. The van der Waals surface area contributed by atoms with Crippen LogP contribution in [-0.4, -0.2) is 13.4 Å². The van der Waals surface area contributed by atoms with Crippen molar-refractivity contribution >= 4 is 27.0 Å². The summed E-state index contributed by atoms with van der Waals surface area (Å²) in [5.41, 5.74) is 2.70. The molecule has 2 heterocycles. The number of pyridine rings is 1. The number of rotatable bonds is 7. The number of aromatic nitrogens is 1. The van der Waals surface area contributed by atoms with Crippen LogP contribution in [0.3, 0.4) is 0 Å². The number of nitrogens with two attached hydrogens (primary N) is 1. The minimum absolute atomic E-state index is 0.0464. The van der Waals surface area contributed by atoms with Gasteiger partial charge in [-0.05, 0) is 23.9 Å². The van der Waals surface area contributed by atoms with Crippen LogP contribution in [0.2, 0.25) is 0 Å². The second-order valence-corrected chi connectivity index (χ2v) is 7.16. The van der Waals surface area contributed by atoms with Crippen LogP contribution in [-0.2, 0) is 10.0 Å². The van der Waals surface area contributed by atoms with Crippen LogP contribution in [0.15, 0.2) is 40.9 Å². The molecule has 2 aromatic rings. The van der Waals surface area contributed by atoms with Crippen LogP contribution in [0.4, 0.5) is 5.69 Å². The third kappa shape index (κ3) is 3.79. The lowest BCUT2D eigenvalue weighted by atomic mass is 10.1. The first-order valence-corrected chi connectivity index (χ1v) is 8.91. The van der Waals surface area contributed by atoms with Gasteiger partial charge in [0.25, 0.3) is 0 Å². The number of nitrogens with zero attached hydrogens (tertiary/aromatic N) is 1. The number of hydrogen-bond acceptors (Lipinski definition) is 6. The van der Waals surface area contributed by atoms with Gasteiger partial charge in [0, 0.05) is 17.3 Å². The molecule has 2 aromatic heterocycles. The fraction of sp³-hybridized carbons (Fsp3) is 0.308. The second-order valence-electron chi connectivity index (χ2n) is 4.49. The highest BCUT2D eigenvalue weighted by molar-refractivity contribution is 7.89. The zero-order valence-corrected chi connectivity index (χ0v) is 13.2. The summed E-state index contributed by atoms with van der Waals surface area (Å²) < 4.78 is 27.8. The molecular formula is C13H18N4O2S2. The van der Waals surface area contributed by atoms with Crippen LogP contribution in [0, 0.1) is 0 Å². The van der Waals surface area contributed by atoms with Crippen molar-refractivity contribution < 1.29 is 8.42 Å². The van der Waals surface area contributed by atoms with E-state index in [1.807, 2.05) is 24.4 Å². The Morgan fingerprint density at radius 3 is 2.86 bits per heavy atom. The molecule has 0 bridgehead atoms. The maximum atomic E-state index is 12.6.